The molecule has 0 aliphatic heterocycles. The second-order valence-corrected chi connectivity index (χ2v) is 6.28. The molecule has 0 spiro atoms. The molecule has 0 aliphatic carbocycles. The first-order chi connectivity index (χ1) is 9.74. The molecule has 1 amide bonds. The normalized spacial score (nSPS) is 10.5. The molecular weight excluding hydrogens is 334 g/mol. The number of amides is 1. The third kappa shape index (κ3) is 3.93. The molecular formula is C16H18BrNOS. The molecule has 0 aliphatic rings. The number of rotatable bonds is 6. The smallest absolute Gasteiger partial charge is 0.266 e. The van der Waals surface area contributed by atoms with E-state index in [-0.39, 0.29) is 5.91 Å². The molecule has 0 fully saturated rings. The zero-order valence-corrected chi connectivity index (χ0v) is 13.9. The average molecular weight is 352 g/mol. The lowest BCUT2D eigenvalue weighted by molar-refractivity contribution is 0.103. The van der Waals surface area contributed by atoms with Crippen LogP contribution in [0.1, 0.15) is 34.1 Å². The van der Waals surface area contributed by atoms with Gasteiger partial charge in [0.1, 0.15) is 0 Å². The van der Waals surface area contributed by atoms with Crippen molar-refractivity contribution in [3.8, 4) is 0 Å². The largest absolute Gasteiger partial charge is 0.321 e. The van der Waals surface area contributed by atoms with Crippen molar-refractivity contribution in [2.75, 3.05) is 10.6 Å². The molecule has 2 aromatic rings. The van der Waals surface area contributed by atoms with E-state index in [2.05, 4.69) is 40.3 Å². The fourth-order valence-corrected chi connectivity index (χ4v) is 3.25. The molecule has 106 valence electrons. The maximum Gasteiger partial charge on any atom is 0.266 e. The first-order valence-electron chi connectivity index (χ1n) is 6.77. The number of hydrogen-bond acceptors (Lipinski definition) is 2. The lowest BCUT2D eigenvalue weighted by Crippen LogP contribution is -2.12. The molecule has 0 atom stereocenters. The van der Waals surface area contributed by atoms with Gasteiger partial charge in [0, 0.05) is 11.0 Å². The zero-order valence-electron chi connectivity index (χ0n) is 11.5. The molecule has 1 aromatic heterocycles. The third-order valence-corrected chi connectivity index (χ3v) is 4.63. The molecule has 1 heterocycles. The molecule has 0 radical (unpaired) electrons. The van der Waals surface area contributed by atoms with Crippen LogP contribution in [-0.2, 0) is 12.8 Å². The zero-order chi connectivity index (χ0) is 14.4. The van der Waals surface area contributed by atoms with Gasteiger partial charge in [-0.05, 0) is 54.0 Å². The topological polar surface area (TPSA) is 29.1 Å². The van der Waals surface area contributed by atoms with Crippen molar-refractivity contribution in [3.05, 3.63) is 51.7 Å². The minimum Gasteiger partial charge on any atom is -0.321 e. The second-order valence-electron chi connectivity index (χ2n) is 4.58. The van der Waals surface area contributed by atoms with Crippen LogP contribution in [0.5, 0.6) is 0 Å². The highest BCUT2D eigenvalue weighted by atomic mass is 79.9. The Morgan fingerprint density at radius 1 is 1.35 bits per heavy atom. The van der Waals surface area contributed by atoms with E-state index in [9.17, 15) is 4.79 Å². The van der Waals surface area contributed by atoms with Crippen LogP contribution in [0.15, 0.2) is 35.7 Å². The van der Waals surface area contributed by atoms with Crippen LogP contribution < -0.4 is 5.32 Å². The summed E-state index contributed by atoms with van der Waals surface area (Å²) >= 11 is 4.94. The van der Waals surface area contributed by atoms with E-state index in [1.165, 1.54) is 16.9 Å². The van der Waals surface area contributed by atoms with Crippen molar-refractivity contribution in [3.63, 3.8) is 0 Å². The molecule has 0 saturated heterocycles. The van der Waals surface area contributed by atoms with Crippen molar-refractivity contribution < 1.29 is 4.79 Å². The maximum absolute atomic E-state index is 12.3. The van der Waals surface area contributed by atoms with Crippen LogP contribution >= 0.6 is 27.3 Å². The van der Waals surface area contributed by atoms with Crippen molar-refractivity contribution in [2.45, 2.75) is 26.2 Å². The molecule has 0 saturated carbocycles. The lowest BCUT2D eigenvalue weighted by Gasteiger charge is -2.07. The quantitative estimate of drug-likeness (QED) is 0.737. The highest BCUT2D eigenvalue weighted by Gasteiger charge is 2.12. The molecule has 0 bridgehead atoms. The van der Waals surface area contributed by atoms with E-state index in [4.69, 9.17) is 0 Å². The Bertz CT molecular complexity index is 579. The van der Waals surface area contributed by atoms with Crippen LogP contribution in [0.3, 0.4) is 0 Å². The number of nitrogens with one attached hydrogen (secondary N) is 1. The van der Waals surface area contributed by atoms with Crippen molar-refractivity contribution in [1.29, 1.82) is 0 Å². The summed E-state index contributed by atoms with van der Waals surface area (Å²) in [4.78, 5) is 13.1. The number of carbonyl (C=O) groups excluding carboxylic acids is 1. The van der Waals surface area contributed by atoms with E-state index in [0.717, 1.165) is 40.7 Å². The van der Waals surface area contributed by atoms with E-state index in [0.29, 0.717) is 0 Å². The van der Waals surface area contributed by atoms with E-state index in [1.54, 1.807) is 0 Å². The molecule has 1 aromatic carbocycles. The number of thiophene rings is 1. The monoisotopic (exact) mass is 351 g/mol. The Labute approximate surface area is 132 Å². The fourth-order valence-electron chi connectivity index (χ4n) is 2.08. The van der Waals surface area contributed by atoms with Gasteiger partial charge in [-0.2, -0.15) is 0 Å². The maximum atomic E-state index is 12.3. The Kier molecular flexibility index (Phi) is 5.80. The SMILES string of the molecule is CCc1ccsc1C(=O)Nc1cccc(CCCBr)c1. The van der Waals surface area contributed by atoms with Crippen LogP contribution in [-0.4, -0.2) is 11.2 Å². The summed E-state index contributed by atoms with van der Waals surface area (Å²) in [6.45, 7) is 2.07. The number of benzene rings is 1. The Balaban J connectivity index is 2.08. The molecule has 1 N–H and O–H groups in total. The highest BCUT2D eigenvalue weighted by Crippen LogP contribution is 2.20. The number of halogens is 1. The van der Waals surface area contributed by atoms with E-state index in [1.807, 2.05) is 23.6 Å². The van der Waals surface area contributed by atoms with Crippen molar-refractivity contribution in [2.24, 2.45) is 0 Å². The number of hydrogen-bond donors (Lipinski definition) is 1. The summed E-state index contributed by atoms with van der Waals surface area (Å²) in [5.41, 5.74) is 3.24. The molecule has 2 nitrogen and oxygen atoms in total. The van der Waals surface area contributed by atoms with Gasteiger partial charge in [-0.25, -0.2) is 0 Å². The van der Waals surface area contributed by atoms with Crippen LogP contribution in [0.2, 0.25) is 0 Å². The number of carbonyl (C=O) groups is 1. The number of aryl methyl sites for hydroxylation is 2. The third-order valence-electron chi connectivity index (χ3n) is 3.12. The van der Waals surface area contributed by atoms with Gasteiger partial charge in [-0.15, -0.1) is 11.3 Å². The predicted octanol–water partition coefficient (Wildman–Crippen LogP) is 4.89. The van der Waals surface area contributed by atoms with E-state index < -0.39 is 0 Å². The summed E-state index contributed by atoms with van der Waals surface area (Å²) in [6, 6.07) is 10.1. The van der Waals surface area contributed by atoms with Gasteiger partial charge in [-0.1, -0.05) is 35.0 Å². The Morgan fingerprint density at radius 3 is 2.95 bits per heavy atom. The number of alkyl halides is 1. The summed E-state index contributed by atoms with van der Waals surface area (Å²) in [5, 5.41) is 5.97. The first kappa shape index (κ1) is 15.3. The lowest BCUT2D eigenvalue weighted by atomic mass is 10.1. The summed E-state index contributed by atoms with van der Waals surface area (Å²) in [6.07, 6.45) is 3.01. The average Bonchev–Trinajstić information content (AvgIpc) is 2.94. The molecule has 20 heavy (non-hydrogen) atoms. The first-order valence-corrected chi connectivity index (χ1v) is 8.77. The summed E-state index contributed by atoms with van der Waals surface area (Å²) < 4.78 is 0. The Hall–Kier alpha value is -1.13. The predicted molar refractivity (Wildman–Crippen MR) is 90.2 cm³/mol. The van der Waals surface area contributed by atoms with Gasteiger partial charge < -0.3 is 5.32 Å². The second kappa shape index (κ2) is 7.60. The summed E-state index contributed by atoms with van der Waals surface area (Å²) in [7, 11) is 0. The highest BCUT2D eigenvalue weighted by molar-refractivity contribution is 9.09. The van der Waals surface area contributed by atoms with Crippen LogP contribution in [0.25, 0.3) is 0 Å². The number of anilines is 1. The van der Waals surface area contributed by atoms with Gasteiger partial charge in [0.15, 0.2) is 0 Å². The molecule has 4 heteroatoms. The standard InChI is InChI=1S/C16H18BrNOS/c1-2-13-8-10-20-15(13)16(19)18-14-7-3-5-12(11-14)6-4-9-17/h3,5,7-8,10-11H,2,4,6,9H2,1H3,(H,18,19). The fraction of sp³-hybridized carbons (Fsp3) is 0.312. The Morgan fingerprint density at radius 2 is 2.20 bits per heavy atom. The van der Waals surface area contributed by atoms with Crippen molar-refractivity contribution in [1.82, 2.24) is 0 Å². The van der Waals surface area contributed by atoms with Crippen LogP contribution in [0, 0.1) is 0 Å². The van der Waals surface area contributed by atoms with Gasteiger partial charge >= 0.3 is 0 Å². The minimum absolute atomic E-state index is 0.00510. The minimum atomic E-state index is -0.00510. The molecule has 0 unspecified atom stereocenters. The van der Waals surface area contributed by atoms with Gasteiger partial charge in [0.25, 0.3) is 5.91 Å². The van der Waals surface area contributed by atoms with Gasteiger partial charge in [0.05, 0.1) is 4.88 Å². The van der Waals surface area contributed by atoms with Crippen LogP contribution in [0.4, 0.5) is 5.69 Å². The molecule has 2 rings (SSSR count). The van der Waals surface area contributed by atoms with Gasteiger partial charge in [0.2, 0.25) is 0 Å². The van der Waals surface area contributed by atoms with Crippen molar-refractivity contribution >= 4 is 38.9 Å². The summed E-state index contributed by atoms with van der Waals surface area (Å²) in [5.74, 6) is -0.00510. The van der Waals surface area contributed by atoms with Gasteiger partial charge in [-0.3, -0.25) is 4.79 Å². The van der Waals surface area contributed by atoms with E-state index >= 15 is 0 Å².